The lowest BCUT2D eigenvalue weighted by atomic mass is 9.82. The van der Waals surface area contributed by atoms with Gasteiger partial charge in [-0.1, -0.05) is 0 Å². The maximum absolute atomic E-state index is 13.4. The number of phenolic OH excluding ortho intramolecular Hbond substituents is 2. The first kappa shape index (κ1) is 31.7. The number of hydrogen-bond acceptors (Lipinski definition) is 15. The van der Waals surface area contributed by atoms with Gasteiger partial charge in [0.2, 0.25) is 6.29 Å². The Morgan fingerprint density at radius 2 is 1.57 bits per heavy atom. The summed E-state index contributed by atoms with van der Waals surface area (Å²) in [5.41, 5.74) is -0.706. The largest absolute Gasteiger partial charge is 0.508 e. The highest BCUT2D eigenvalue weighted by molar-refractivity contribution is 6.29. The molecule has 15 heteroatoms. The van der Waals surface area contributed by atoms with Crippen LogP contribution in [-0.4, -0.2) is 121 Å². The molecule has 2 aliphatic heterocycles. The maximum Gasteiger partial charge on any atom is 0.303 e. The molecule has 5 rings (SSSR count). The van der Waals surface area contributed by atoms with Crippen molar-refractivity contribution in [3.8, 4) is 17.2 Å². The van der Waals surface area contributed by atoms with Gasteiger partial charge in [-0.05, 0) is 38.1 Å². The molecule has 15 nitrogen and oxygen atoms in total. The van der Waals surface area contributed by atoms with Crippen molar-refractivity contribution in [3.63, 3.8) is 0 Å². The highest BCUT2D eigenvalue weighted by Gasteiger charge is 2.53. The van der Waals surface area contributed by atoms with Crippen molar-refractivity contribution in [2.24, 2.45) is 0 Å². The zero-order valence-electron chi connectivity index (χ0n) is 23.7. The smallest absolute Gasteiger partial charge is 0.303 e. The molecule has 2 fully saturated rings. The van der Waals surface area contributed by atoms with Gasteiger partial charge in [-0.15, -0.1) is 0 Å². The van der Waals surface area contributed by atoms with E-state index in [0.717, 1.165) is 19.1 Å². The normalized spacial score (nSPS) is 33.4. The minimum atomic E-state index is -1.82. The van der Waals surface area contributed by atoms with E-state index in [9.17, 15) is 50.1 Å². The number of aromatic hydroxyl groups is 2. The van der Waals surface area contributed by atoms with E-state index >= 15 is 0 Å². The van der Waals surface area contributed by atoms with E-state index in [0.29, 0.717) is 0 Å². The van der Waals surface area contributed by atoms with Gasteiger partial charge in [0.15, 0.2) is 30.1 Å². The van der Waals surface area contributed by atoms with Crippen LogP contribution in [0.15, 0.2) is 24.3 Å². The fourth-order valence-corrected chi connectivity index (χ4v) is 5.49. The molecule has 2 heterocycles. The van der Waals surface area contributed by atoms with Gasteiger partial charge in [0.05, 0.1) is 18.3 Å². The van der Waals surface area contributed by atoms with Gasteiger partial charge in [-0.3, -0.25) is 14.4 Å². The summed E-state index contributed by atoms with van der Waals surface area (Å²) in [6.07, 6.45) is -15.7. The lowest BCUT2D eigenvalue weighted by Gasteiger charge is -2.46. The molecule has 0 spiro atoms. The molecule has 0 aromatic heterocycles. The number of phenols is 2. The molecule has 2 aromatic carbocycles. The van der Waals surface area contributed by atoms with Crippen molar-refractivity contribution in [1.82, 2.24) is 0 Å². The number of fused-ring (bicyclic) bond motifs is 2. The van der Waals surface area contributed by atoms with E-state index in [1.807, 2.05) is 0 Å². The number of esters is 1. The first-order valence-corrected chi connectivity index (χ1v) is 13.7. The van der Waals surface area contributed by atoms with Crippen LogP contribution >= 0.6 is 0 Å². The van der Waals surface area contributed by atoms with Crippen LogP contribution in [0.4, 0.5) is 0 Å². The SMILES string of the molecule is CC(=O)O[C@H]1[C@H](O)[C@@H](CO)O[C@@H](Oc2cc3c(c(O)c2C)C(=O)c2ccc(O)cc2C3=O)[C@@H]1O[C@@H]1O[C@@H](C)[C@H](O)[C@@H](O)[C@H]1O. The Hall–Kier alpha value is -3.67. The summed E-state index contributed by atoms with van der Waals surface area (Å²) >= 11 is 0. The number of ketones is 2. The van der Waals surface area contributed by atoms with Gasteiger partial charge in [-0.25, -0.2) is 0 Å². The number of carbonyl (C=O) groups excluding carboxylic acids is 3. The Morgan fingerprint density at radius 1 is 0.864 bits per heavy atom. The Kier molecular flexibility index (Phi) is 8.67. The summed E-state index contributed by atoms with van der Waals surface area (Å²) in [5, 5.41) is 72.6. The van der Waals surface area contributed by atoms with E-state index in [1.165, 1.54) is 26.0 Å². The summed E-state index contributed by atoms with van der Waals surface area (Å²) < 4.78 is 28.4. The maximum atomic E-state index is 13.4. The highest BCUT2D eigenvalue weighted by Crippen LogP contribution is 2.41. The molecular weight excluding hydrogens is 588 g/mol. The minimum Gasteiger partial charge on any atom is -0.508 e. The average Bonchev–Trinajstić information content (AvgIpc) is 2.98. The molecule has 2 aromatic rings. The Balaban J connectivity index is 1.55. The van der Waals surface area contributed by atoms with E-state index in [2.05, 4.69) is 0 Å². The van der Waals surface area contributed by atoms with Crippen LogP contribution in [0.25, 0.3) is 0 Å². The number of ether oxygens (including phenoxy) is 5. The van der Waals surface area contributed by atoms with E-state index in [1.54, 1.807) is 0 Å². The predicted octanol–water partition coefficient (Wildman–Crippen LogP) is -1.22. The lowest BCUT2D eigenvalue weighted by molar-refractivity contribution is -0.355. The van der Waals surface area contributed by atoms with Crippen LogP contribution in [0.1, 0.15) is 51.3 Å². The molecule has 0 amide bonds. The van der Waals surface area contributed by atoms with Crippen LogP contribution in [0, 0.1) is 6.92 Å². The second kappa shape index (κ2) is 12.0. The number of aliphatic hydroxyl groups excluding tert-OH is 5. The van der Waals surface area contributed by atoms with Crippen molar-refractivity contribution in [1.29, 1.82) is 0 Å². The van der Waals surface area contributed by atoms with Crippen molar-refractivity contribution in [3.05, 3.63) is 52.1 Å². The molecule has 3 aliphatic rings. The number of benzene rings is 2. The van der Waals surface area contributed by atoms with Crippen molar-refractivity contribution in [2.45, 2.75) is 82.2 Å². The van der Waals surface area contributed by atoms with Gasteiger partial charge in [-0.2, -0.15) is 0 Å². The molecule has 0 radical (unpaired) electrons. The van der Waals surface area contributed by atoms with E-state index in [4.69, 9.17) is 23.7 Å². The third-order valence-corrected chi connectivity index (χ3v) is 7.91. The van der Waals surface area contributed by atoms with Gasteiger partial charge >= 0.3 is 5.97 Å². The summed E-state index contributed by atoms with van der Waals surface area (Å²) in [6.45, 7) is 3.04. The molecule has 7 N–H and O–H groups in total. The first-order valence-electron chi connectivity index (χ1n) is 13.7. The summed E-state index contributed by atoms with van der Waals surface area (Å²) in [7, 11) is 0. The van der Waals surface area contributed by atoms with Crippen LogP contribution in [0.2, 0.25) is 0 Å². The monoisotopic (exact) mass is 620 g/mol. The molecule has 0 bridgehead atoms. The van der Waals surface area contributed by atoms with Gasteiger partial charge in [0.25, 0.3) is 0 Å². The van der Waals surface area contributed by atoms with Crippen LogP contribution in [0.5, 0.6) is 17.2 Å². The minimum absolute atomic E-state index is 0.0219. The van der Waals surface area contributed by atoms with Crippen molar-refractivity contribution < 1.29 is 73.8 Å². The summed E-state index contributed by atoms with van der Waals surface area (Å²) in [4.78, 5) is 38.6. The van der Waals surface area contributed by atoms with E-state index in [-0.39, 0.29) is 39.3 Å². The van der Waals surface area contributed by atoms with Crippen LogP contribution < -0.4 is 4.74 Å². The predicted molar refractivity (Wildman–Crippen MR) is 143 cm³/mol. The molecule has 1 aliphatic carbocycles. The second-order valence-electron chi connectivity index (χ2n) is 10.8. The van der Waals surface area contributed by atoms with Gasteiger partial charge in [0.1, 0.15) is 47.8 Å². The molecular formula is C29H32O15. The number of aliphatic hydroxyl groups is 5. The molecule has 238 valence electrons. The zero-order chi connectivity index (χ0) is 32.2. The third-order valence-electron chi connectivity index (χ3n) is 7.91. The van der Waals surface area contributed by atoms with Crippen molar-refractivity contribution in [2.75, 3.05) is 6.61 Å². The van der Waals surface area contributed by atoms with Gasteiger partial charge < -0.3 is 59.4 Å². The Bertz CT molecular complexity index is 1470. The molecule has 0 saturated carbocycles. The Morgan fingerprint density at radius 3 is 2.23 bits per heavy atom. The Labute approximate surface area is 249 Å². The topological polar surface area (TPSA) is 239 Å². The molecule has 2 saturated heterocycles. The highest BCUT2D eigenvalue weighted by atomic mass is 16.8. The average molecular weight is 621 g/mol. The second-order valence-corrected chi connectivity index (χ2v) is 10.8. The molecule has 44 heavy (non-hydrogen) atoms. The standard InChI is InChI=1S/C29H32O15/c1-9-16(7-15-18(19(9)33)22(36)13-5-4-12(32)6-14(13)21(15)35)42-29-27(26(41-11(3)31)23(37)17(8-30)43-29)44-28-25(39)24(38)20(34)10(2)40-28/h4-7,10,17,20,23-30,32-34,37-39H,8H2,1-3H3/t10-,17+,20-,23+,24+,25+,26-,27+,28-,29+/m0/s1. The lowest BCUT2D eigenvalue weighted by Crippen LogP contribution is -2.65. The number of hydrogen-bond donors (Lipinski definition) is 7. The fourth-order valence-electron chi connectivity index (χ4n) is 5.49. The number of rotatable bonds is 6. The van der Waals surface area contributed by atoms with Crippen LogP contribution in [0.3, 0.4) is 0 Å². The zero-order valence-corrected chi connectivity index (χ0v) is 23.7. The first-order chi connectivity index (χ1) is 20.7. The molecule has 0 unspecified atom stereocenters. The summed E-state index contributed by atoms with van der Waals surface area (Å²) in [6, 6.07) is 4.77. The third kappa shape index (κ3) is 5.41. The quantitative estimate of drug-likeness (QED) is 0.160. The fraction of sp³-hybridized carbons (Fsp3) is 0.483. The van der Waals surface area contributed by atoms with Crippen LogP contribution in [-0.2, 0) is 23.7 Å². The molecule has 10 atom stereocenters. The summed E-state index contributed by atoms with van der Waals surface area (Å²) in [5.74, 6) is -3.31. The van der Waals surface area contributed by atoms with Crippen molar-refractivity contribution >= 4 is 17.5 Å². The van der Waals surface area contributed by atoms with Gasteiger partial charge in [0, 0.05) is 29.2 Å². The van der Waals surface area contributed by atoms with E-state index < -0.39 is 91.3 Å². The number of carbonyl (C=O) groups is 3.